The van der Waals surface area contributed by atoms with E-state index in [2.05, 4.69) is 56.3 Å². The van der Waals surface area contributed by atoms with Crippen LogP contribution >= 0.6 is 0 Å². The van der Waals surface area contributed by atoms with E-state index in [4.69, 9.17) is 4.74 Å². The summed E-state index contributed by atoms with van der Waals surface area (Å²) in [4.78, 5) is 32.6. The molecule has 2 amide bonds. The first kappa shape index (κ1) is 27.4. The molecule has 2 aliphatic heterocycles. The lowest BCUT2D eigenvalue weighted by molar-refractivity contribution is -0.162. The van der Waals surface area contributed by atoms with Gasteiger partial charge in [-0.25, -0.2) is 4.79 Å². The molecule has 3 atom stereocenters. The second-order valence-electron chi connectivity index (χ2n) is 13.2. The Kier molecular flexibility index (Phi) is 7.10. The summed E-state index contributed by atoms with van der Waals surface area (Å²) >= 11 is 0. The molecule has 7 heteroatoms. The number of β-lactam (4-membered cyclic amide) rings is 1. The maximum absolute atomic E-state index is 14.7. The van der Waals surface area contributed by atoms with Gasteiger partial charge in [0.1, 0.15) is 11.6 Å². The van der Waals surface area contributed by atoms with Crippen LogP contribution in [0, 0.1) is 0 Å². The molecule has 2 heterocycles. The quantitative estimate of drug-likeness (QED) is 0.225. The van der Waals surface area contributed by atoms with Crippen molar-refractivity contribution in [3.8, 4) is 0 Å². The van der Waals surface area contributed by atoms with Gasteiger partial charge in [-0.2, -0.15) is 0 Å². The SMILES string of the molecule is C[Si](C)(C)C(N1C[C@@](Cc2ccccc2)(N2C(=O)O[C@H](c3ccccc3)[C@@H]2c2ccccc2)C1=O)[Si](C)(C)C. The highest BCUT2D eigenvalue weighted by Crippen LogP contribution is 2.51. The molecule has 0 aliphatic carbocycles. The molecule has 0 radical (unpaired) electrons. The smallest absolute Gasteiger partial charge is 0.412 e. The molecule has 3 aromatic rings. The fraction of sp³-hybridized carbons (Fsp3) is 0.375. The van der Waals surface area contributed by atoms with Crippen molar-refractivity contribution in [2.24, 2.45) is 0 Å². The molecule has 204 valence electrons. The van der Waals surface area contributed by atoms with Crippen molar-refractivity contribution >= 4 is 28.1 Å². The van der Waals surface area contributed by atoms with Crippen LogP contribution < -0.4 is 0 Å². The van der Waals surface area contributed by atoms with Crippen LogP contribution in [0.25, 0.3) is 0 Å². The Balaban J connectivity index is 1.63. The van der Waals surface area contributed by atoms with E-state index >= 15 is 0 Å². The highest BCUT2D eigenvalue weighted by molar-refractivity contribution is 6.96. The van der Waals surface area contributed by atoms with Gasteiger partial charge in [0.2, 0.25) is 0 Å². The molecule has 0 aromatic heterocycles. The molecule has 5 rings (SSSR count). The number of amides is 2. The van der Waals surface area contributed by atoms with E-state index < -0.39 is 39.9 Å². The van der Waals surface area contributed by atoms with Gasteiger partial charge in [0, 0.05) is 11.7 Å². The zero-order valence-electron chi connectivity index (χ0n) is 23.9. The number of hydrogen-bond donors (Lipinski definition) is 0. The average Bonchev–Trinajstić information content (AvgIpc) is 3.25. The summed E-state index contributed by atoms with van der Waals surface area (Å²) < 4.78 is 6.16. The highest BCUT2D eigenvalue weighted by Gasteiger charge is 2.66. The van der Waals surface area contributed by atoms with Gasteiger partial charge in [0.25, 0.3) is 5.91 Å². The van der Waals surface area contributed by atoms with Gasteiger partial charge < -0.3 is 9.64 Å². The van der Waals surface area contributed by atoms with Gasteiger partial charge in [-0.15, -0.1) is 0 Å². The fourth-order valence-electron chi connectivity index (χ4n) is 7.16. The number of ether oxygens (including phenoxy) is 1. The summed E-state index contributed by atoms with van der Waals surface area (Å²) in [6.07, 6.45) is -0.452. The fourth-order valence-corrected chi connectivity index (χ4v) is 19.8. The summed E-state index contributed by atoms with van der Waals surface area (Å²) in [5, 5.41) is 0.278. The lowest BCUT2D eigenvalue weighted by Crippen LogP contribution is -2.81. The minimum absolute atomic E-state index is 0.0628. The van der Waals surface area contributed by atoms with Crippen LogP contribution in [0.2, 0.25) is 39.3 Å². The van der Waals surface area contributed by atoms with Crippen LogP contribution in [0.3, 0.4) is 0 Å². The van der Waals surface area contributed by atoms with Crippen LogP contribution in [0.1, 0.15) is 28.8 Å². The third-order valence-corrected chi connectivity index (χ3v) is 17.2. The molecule has 3 aromatic carbocycles. The van der Waals surface area contributed by atoms with Gasteiger partial charge in [-0.3, -0.25) is 9.69 Å². The van der Waals surface area contributed by atoms with Gasteiger partial charge in [-0.05, 0) is 16.7 Å². The van der Waals surface area contributed by atoms with Crippen LogP contribution in [-0.4, -0.2) is 55.3 Å². The minimum atomic E-state index is -1.72. The highest BCUT2D eigenvalue weighted by atomic mass is 28.4. The van der Waals surface area contributed by atoms with E-state index in [-0.39, 0.29) is 11.2 Å². The van der Waals surface area contributed by atoms with E-state index in [9.17, 15) is 9.59 Å². The topological polar surface area (TPSA) is 49.9 Å². The Labute approximate surface area is 234 Å². The van der Waals surface area contributed by atoms with Crippen molar-refractivity contribution in [3.63, 3.8) is 0 Å². The van der Waals surface area contributed by atoms with Crippen molar-refractivity contribution in [1.29, 1.82) is 0 Å². The van der Waals surface area contributed by atoms with E-state index in [1.165, 1.54) is 0 Å². The summed E-state index contributed by atoms with van der Waals surface area (Å²) in [5.74, 6) is 0.0628. The first-order chi connectivity index (χ1) is 18.4. The van der Waals surface area contributed by atoms with Crippen LogP contribution in [0.4, 0.5) is 4.79 Å². The number of hydrogen-bond acceptors (Lipinski definition) is 3. The van der Waals surface area contributed by atoms with E-state index in [1.54, 1.807) is 4.90 Å². The average molecular weight is 557 g/mol. The molecule has 0 saturated carbocycles. The molecule has 0 N–H and O–H groups in total. The Morgan fingerprint density at radius 2 is 1.26 bits per heavy atom. The first-order valence-corrected chi connectivity index (χ1v) is 21.0. The molecule has 2 saturated heterocycles. The zero-order chi connectivity index (χ0) is 28.0. The second-order valence-corrected chi connectivity index (χ2v) is 24.3. The molecular weight excluding hydrogens is 517 g/mol. The standard InChI is InChI=1S/C32H40N2O3Si2/c1-38(2,3)31(39(4,5)6)33-23-32(29(33)35,22-24-16-10-7-11-17-24)34-27(25-18-12-8-13-19-25)28(37-30(34)36)26-20-14-9-15-21-26/h7-21,27-28,31H,22-23H2,1-6H3/t27-,28+,32+/m0/s1. The molecule has 0 unspecified atom stereocenters. The van der Waals surface area contributed by atoms with Crippen molar-refractivity contribution in [2.75, 3.05) is 6.54 Å². The van der Waals surface area contributed by atoms with E-state index in [0.29, 0.717) is 13.0 Å². The molecule has 0 bridgehead atoms. The minimum Gasteiger partial charge on any atom is -0.439 e. The number of rotatable bonds is 8. The normalized spacial score (nSPS) is 23.7. The molecule has 2 fully saturated rings. The van der Waals surface area contributed by atoms with Crippen LogP contribution in [0.5, 0.6) is 0 Å². The Hall–Kier alpha value is -3.17. The largest absolute Gasteiger partial charge is 0.439 e. The van der Waals surface area contributed by atoms with Crippen molar-refractivity contribution in [3.05, 3.63) is 108 Å². The van der Waals surface area contributed by atoms with Gasteiger partial charge in [0.15, 0.2) is 6.10 Å². The molecule has 39 heavy (non-hydrogen) atoms. The lowest BCUT2D eigenvalue weighted by Gasteiger charge is -2.60. The molecular formula is C32H40N2O3Si2. The van der Waals surface area contributed by atoms with E-state index in [0.717, 1.165) is 16.7 Å². The van der Waals surface area contributed by atoms with Crippen LogP contribution in [-0.2, 0) is 16.0 Å². The summed E-state index contributed by atoms with van der Waals surface area (Å²) in [6, 6.07) is 29.6. The molecule has 2 aliphatic rings. The van der Waals surface area contributed by atoms with Crippen LogP contribution in [0.15, 0.2) is 91.0 Å². The number of nitrogens with zero attached hydrogens (tertiary/aromatic N) is 2. The summed E-state index contributed by atoms with van der Waals surface area (Å²) in [7, 11) is -3.45. The molecule has 5 nitrogen and oxygen atoms in total. The van der Waals surface area contributed by atoms with Crippen molar-refractivity contribution < 1.29 is 14.3 Å². The summed E-state index contributed by atoms with van der Waals surface area (Å²) in [5.41, 5.74) is 1.96. The Bertz CT molecular complexity index is 1310. The van der Waals surface area contributed by atoms with Gasteiger partial charge in [0.05, 0.1) is 22.7 Å². The van der Waals surface area contributed by atoms with Crippen molar-refractivity contribution in [1.82, 2.24) is 9.80 Å². The number of likely N-dealkylation sites (tertiary alicyclic amines) is 1. The second kappa shape index (κ2) is 10.1. The number of carbonyl (C=O) groups is 2. The maximum atomic E-state index is 14.7. The third kappa shape index (κ3) is 4.98. The number of cyclic esters (lactones) is 1. The molecule has 0 spiro atoms. The Morgan fingerprint density at radius 3 is 1.74 bits per heavy atom. The predicted octanol–water partition coefficient (Wildman–Crippen LogP) is 6.87. The Morgan fingerprint density at radius 1 is 0.769 bits per heavy atom. The van der Waals surface area contributed by atoms with Gasteiger partial charge in [-0.1, -0.05) is 130 Å². The van der Waals surface area contributed by atoms with Gasteiger partial charge >= 0.3 is 6.09 Å². The maximum Gasteiger partial charge on any atom is 0.412 e. The number of carbonyl (C=O) groups excluding carboxylic acids is 2. The third-order valence-electron chi connectivity index (χ3n) is 8.10. The predicted molar refractivity (Wildman–Crippen MR) is 162 cm³/mol. The zero-order valence-corrected chi connectivity index (χ0v) is 25.9. The monoisotopic (exact) mass is 556 g/mol. The summed E-state index contributed by atoms with van der Waals surface area (Å²) in [6.45, 7) is 14.7. The first-order valence-electron chi connectivity index (χ1n) is 13.9. The van der Waals surface area contributed by atoms with Crippen molar-refractivity contribution in [2.45, 2.75) is 68.7 Å². The number of benzene rings is 3. The lowest BCUT2D eigenvalue weighted by atomic mass is 9.78. The van der Waals surface area contributed by atoms with E-state index in [1.807, 2.05) is 78.9 Å².